The van der Waals surface area contributed by atoms with Gasteiger partial charge in [0.15, 0.2) is 0 Å². The van der Waals surface area contributed by atoms with Crippen LogP contribution in [0.2, 0.25) is 15.1 Å². The highest BCUT2D eigenvalue weighted by atomic mass is 35.5. The van der Waals surface area contributed by atoms with Crippen LogP contribution in [0.5, 0.6) is 5.75 Å². The summed E-state index contributed by atoms with van der Waals surface area (Å²) in [5.41, 5.74) is 1.65. The van der Waals surface area contributed by atoms with Gasteiger partial charge in [-0.1, -0.05) is 40.9 Å². The summed E-state index contributed by atoms with van der Waals surface area (Å²) in [6.07, 6.45) is 0. The maximum absolute atomic E-state index is 12.4. The molecule has 1 aliphatic rings. The largest absolute Gasteiger partial charge is 0.496 e. The summed E-state index contributed by atoms with van der Waals surface area (Å²) in [6.45, 7) is 6.11. The van der Waals surface area contributed by atoms with E-state index in [1.807, 2.05) is 18.2 Å². The number of piperazine rings is 1. The van der Waals surface area contributed by atoms with Crippen LogP contribution in [0.4, 0.5) is 0 Å². The van der Waals surface area contributed by atoms with Crippen LogP contribution in [-0.2, 0) is 6.54 Å². The summed E-state index contributed by atoms with van der Waals surface area (Å²) in [7, 11) is 1.53. The molecular weight excluding hydrogens is 504 g/mol. The van der Waals surface area contributed by atoms with Crippen molar-refractivity contribution in [2.24, 2.45) is 0 Å². The number of rotatable bonds is 7. The number of hydrogen-bond acceptors (Lipinski definition) is 4. The molecule has 0 aliphatic carbocycles. The first kappa shape index (κ1) is 28.1. The molecular formula is C21H26Cl5N3O2. The van der Waals surface area contributed by atoms with E-state index in [0.29, 0.717) is 32.9 Å². The first-order chi connectivity index (χ1) is 14.0. The molecule has 2 aromatic carbocycles. The molecule has 0 aromatic heterocycles. The average Bonchev–Trinajstić information content (AvgIpc) is 2.71. The van der Waals surface area contributed by atoms with Gasteiger partial charge in [-0.05, 0) is 35.9 Å². The first-order valence-corrected chi connectivity index (χ1v) is 10.6. The van der Waals surface area contributed by atoms with Crippen molar-refractivity contribution in [2.45, 2.75) is 6.54 Å². The highest BCUT2D eigenvalue weighted by molar-refractivity contribution is 6.42. The molecule has 1 saturated heterocycles. The number of halogens is 5. The lowest BCUT2D eigenvalue weighted by molar-refractivity contribution is 0.0931. The number of methoxy groups -OCH3 is 1. The minimum absolute atomic E-state index is 0. The van der Waals surface area contributed by atoms with E-state index in [1.165, 1.54) is 7.11 Å². The lowest BCUT2D eigenvalue weighted by Gasteiger charge is -2.34. The Bertz CT molecular complexity index is 861. The van der Waals surface area contributed by atoms with Gasteiger partial charge in [-0.3, -0.25) is 14.6 Å². The van der Waals surface area contributed by atoms with Crippen LogP contribution < -0.4 is 10.1 Å². The molecule has 31 heavy (non-hydrogen) atoms. The van der Waals surface area contributed by atoms with Crippen LogP contribution in [0.25, 0.3) is 0 Å². The van der Waals surface area contributed by atoms with Gasteiger partial charge in [0, 0.05) is 50.8 Å². The molecule has 1 amide bonds. The van der Waals surface area contributed by atoms with Crippen molar-refractivity contribution in [3.05, 3.63) is 62.6 Å². The van der Waals surface area contributed by atoms with Crippen molar-refractivity contribution >= 4 is 65.5 Å². The summed E-state index contributed by atoms with van der Waals surface area (Å²) < 4.78 is 5.24. The minimum Gasteiger partial charge on any atom is -0.496 e. The maximum Gasteiger partial charge on any atom is 0.255 e. The van der Waals surface area contributed by atoms with Crippen molar-refractivity contribution in [1.82, 2.24) is 15.1 Å². The maximum atomic E-state index is 12.4. The van der Waals surface area contributed by atoms with Crippen molar-refractivity contribution in [2.75, 3.05) is 46.4 Å². The Kier molecular flexibility index (Phi) is 12.3. The molecule has 1 N–H and O–H groups in total. The number of carbonyl (C=O) groups excluding carboxylic acids is 1. The number of amides is 1. The van der Waals surface area contributed by atoms with E-state index in [9.17, 15) is 4.79 Å². The summed E-state index contributed by atoms with van der Waals surface area (Å²) in [5, 5.41) is 4.67. The van der Waals surface area contributed by atoms with Crippen LogP contribution in [0.1, 0.15) is 15.9 Å². The zero-order chi connectivity index (χ0) is 20.8. The van der Waals surface area contributed by atoms with Gasteiger partial charge in [0.25, 0.3) is 5.91 Å². The Morgan fingerprint density at radius 1 is 0.968 bits per heavy atom. The standard InChI is InChI=1S/C21H24Cl3N3O2.2ClH/c1-29-20-13-16(22)3-4-17(20)21(28)25-6-7-26-8-10-27(11-9-26)14-15-2-5-18(23)19(24)12-15;;/h2-5,12-13H,6-11,14H2,1H3,(H,25,28);2*1H. The zero-order valence-corrected chi connectivity index (χ0v) is 21.0. The van der Waals surface area contributed by atoms with Crippen molar-refractivity contribution in [1.29, 1.82) is 0 Å². The molecule has 0 spiro atoms. The monoisotopic (exact) mass is 527 g/mol. The third kappa shape index (κ3) is 8.17. The summed E-state index contributed by atoms with van der Waals surface area (Å²) in [4.78, 5) is 17.2. The number of hydrogen-bond donors (Lipinski definition) is 1. The second-order valence-electron chi connectivity index (χ2n) is 6.97. The quantitative estimate of drug-likeness (QED) is 0.546. The van der Waals surface area contributed by atoms with Gasteiger partial charge in [-0.25, -0.2) is 0 Å². The molecule has 2 aromatic rings. The average molecular weight is 530 g/mol. The molecule has 0 unspecified atom stereocenters. The Morgan fingerprint density at radius 2 is 1.65 bits per heavy atom. The van der Waals surface area contributed by atoms with Crippen LogP contribution in [0.15, 0.2) is 36.4 Å². The normalized spacial score (nSPS) is 14.3. The Balaban J connectivity index is 0.00000240. The molecule has 10 heteroatoms. The molecule has 5 nitrogen and oxygen atoms in total. The Hall–Kier alpha value is -0.920. The number of benzene rings is 2. The fourth-order valence-electron chi connectivity index (χ4n) is 3.34. The number of nitrogens with one attached hydrogen (secondary N) is 1. The van der Waals surface area contributed by atoms with Crippen LogP contribution >= 0.6 is 59.6 Å². The van der Waals surface area contributed by atoms with Crippen molar-refractivity contribution in [3.63, 3.8) is 0 Å². The van der Waals surface area contributed by atoms with Crippen molar-refractivity contribution in [3.8, 4) is 5.75 Å². The molecule has 0 bridgehead atoms. The molecule has 0 radical (unpaired) electrons. The van der Waals surface area contributed by atoms with Gasteiger partial charge in [-0.2, -0.15) is 0 Å². The second-order valence-corrected chi connectivity index (χ2v) is 8.22. The molecule has 3 rings (SSSR count). The fourth-order valence-corrected chi connectivity index (χ4v) is 3.83. The number of ether oxygens (including phenoxy) is 1. The number of carbonyl (C=O) groups is 1. The van der Waals surface area contributed by atoms with Crippen LogP contribution in [-0.4, -0.2) is 62.1 Å². The SMILES string of the molecule is COc1cc(Cl)ccc1C(=O)NCCN1CCN(Cc2ccc(Cl)c(Cl)c2)CC1.Cl.Cl. The van der Waals surface area contributed by atoms with Gasteiger partial charge in [0.05, 0.1) is 22.7 Å². The molecule has 1 fully saturated rings. The van der Waals surface area contributed by atoms with Gasteiger partial charge in [-0.15, -0.1) is 24.8 Å². The van der Waals surface area contributed by atoms with Crippen LogP contribution in [0.3, 0.4) is 0 Å². The molecule has 1 aliphatic heterocycles. The van der Waals surface area contributed by atoms with Gasteiger partial charge >= 0.3 is 0 Å². The Morgan fingerprint density at radius 3 is 2.29 bits per heavy atom. The van der Waals surface area contributed by atoms with Crippen molar-refractivity contribution < 1.29 is 9.53 Å². The zero-order valence-electron chi connectivity index (χ0n) is 17.1. The highest BCUT2D eigenvalue weighted by Gasteiger charge is 2.18. The topological polar surface area (TPSA) is 44.8 Å². The van der Waals surface area contributed by atoms with E-state index in [-0.39, 0.29) is 30.7 Å². The summed E-state index contributed by atoms with van der Waals surface area (Å²) in [5.74, 6) is 0.322. The molecule has 1 heterocycles. The lowest BCUT2D eigenvalue weighted by atomic mass is 10.2. The predicted octanol–water partition coefficient (Wildman–Crippen LogP) is 5.05. The van der Waals surface area contributed by atoms with E-state index in [4.69, 9.17) is 39.5 Å². The van der Waals surface area contributed by atoms with E-state index in [0.717, 1.165) is 44.8 Å². The second kappa shape index (κ2) is 13.6. The van der Waals surface area contributed by atoms with E-state index in [2.05, 4.69) is 15.1 Å². The molecule has 0 saturated carbocycles. The van der Waals surface area contributed by atoms with E-state index >= 15 is 0 Å². The smallest absolute Gasteiger partial charge is 0.255 e. The number of nitrogens with zero attached hydrogens (tertiary/aromatic N) is 2. The third-order valence-electron chi connectivity index (χ3n) is 4.98. The molecule has 0 atom stereocenters. The Labute approximate surface area is 210 Å². The third-order valence-corrected chi connectivity index (χ3v) is 5.95. The first-order valence-electron chi connectivity index (χ1n) is 9.46. The van der Waals surface area contributed by atoms with Crippen LogP contribution in [0, 0.1) is 0 Å². The van der Waals surface area contributed by atoms with Gasteiger partial charge < -0.3 is 10.1 Å². The minimum atomic E-state index is -0.156. The fraction of sp³-hybridized carbons (Fsp3) is 0.381. The van der Waals surface area contributed by atoms with E-state index in [1.54, 1.807) is 18.2 Å². The predicted molar refractivity (Wildman–Crippen MR) is 133 cm³/mol. The summed E-state index contributed by atoms with van der Waals surface area (Å²) >= 11 is 18.0. The van der Waals surface area contributed by atoms with E-state index < -0.39 is 0 Å². The van der Waals surface area contributed by atoms with Gasteiger partial charge in [0.1, 0.15) is 5.75 Å². The van der Waals surface area contributed by atoms with Gasteiger partial charge in [0.2, 0.25) is 0 Å². The summed E-state index contributed by atoms with van der Waals surface area (Å²) in [6, 6.07) is 10.8. The lowest BCUT2D eigenvalue weighted by Crippen LogP contribution is -2.48. The highest BCUT2D eigenvalue weighted by Crippen LogP contribution is 2.24. The molecule has 172 valence electrons.